The number of amides is 3. The van der Waals surface area contributed by atoms with Crippen molar-refractivity contribution in [2.24, 2.45) is 5.92 Å². The van der Waals surface area contributed by atoms with Gasteiger partial charge in [-0.2, -0.15) is 0 Å². The second-order valence-electron chi connectivity index (χ2n) is 5.44. The van der Waals surface area contributed by atoms with Crippen molar-refractivity contribution in [2.75, 3.05) is 19.6 Å². The molecule has 0 radical (unpaired) electrons. The van der Waals surface area contributed by atoms with Crippen LogP contribution in [0.4, 0.5) is 4.79 Å². The molecule has 20 heavy (non-hydrogen) atoms. The summed E-state index contributed by atoms with van der Waals surface area (Å²) in [6.07, 6.45) is 2.40. The monoisotopic (exact) mass is 296 g/mol. The van der Waals surface area contributed by atoms with Gasteiger partial charge in [-0.25, -0.2) is 4.79 Å². The van der Waals surface area contributed by atoms with Gasteiger partial charge < -0.3 is 10.2 Å². The van der Waals surface area contributed by atoms with Crippen molar-refractivity contribution in [3.8, 4) is 0 Å². The molecule has 0 saturated carbocycles. The Morgan fingerprint density at radius 1 is 1.50 bits per heavy atom. The number of urea groups is 1. The highest BCUT2D eigenvalue weighted by atomic mass is 32.1. The first-order valence-corrected chi connectivity index (χ1v) is 7.95. The molecule has 0 bridgehead atoms. The molecular weight excluding hydrogens is 274 g/mol. The molecule has 2 heterocycles. The highest BCUT2D eigenvalue weighted by molar-refractivity contribution is 7.09. The summed E-state index contributed by atoms with van der Waals surface area (Å²) in [5, 5.41) is 7.05. The summed E-state index contributed by atoms with van der Waals surface area (Å²) in [6.45, 7) is 5.10. The Balaban J connectivity index is 1.67. The van der Waals surface area contributed by atoms with E-state index in [-0.39, 0.29) is 5.91 Å². The fraction of sp³-hybridized carbons (Fsp3) is 0.571. The van der Waals surface area contributed by atoms with Crippen molar-refractivity contribution in [3.63, 3.8) is 0 Å². The molecule has 1 saturated heterocycles. The molecule has 0 aliphatic carbocycles. The third-order valence-corrected chi connectivity index (χ3v) is 4.41. The van der Waals surface area contributed by atoms with Crippen LogP contribution in [0.15, 0.2) is 17.5 Å². The Bertz CT molecular complexity index is 447. The predicted molar refractivity (Wildman–Crippen MR) is 78.7 cm³/mol. The van der Waals surface area contributed by atoms with E-state index in [0.717, 1.165) is 24.4 Å². The van der Waals surface area contributed by atoms with Crippen LogP contribution < -0.4 is 15.5 Å². The van der Waals surface area contributed by atoms with Crippen molar-refractivity contribution in [1.29, 1.82) is 0 Å². The maximum absolute atomic E-state index is 11.8. The van der Waals surface area contributed by atoms with Gasteiger partial charge >= 0.3 is 6.03 Å². The number of thiophene rings is 1. The number of imide groups is 1. The predicted octanol–water partition coefficient (Wildman–Crippen LogP) is 0.389. The average molecular weight is 296 g/mol. The van der Waals surface area contributed by atoms with Crippen LogP contribution in [-0.4, -0.2) is 31.6 Å². The first kappa shape index (κ1) is 15.0. The van der Waals surface area contributed by atoms with Crippen molar-refractivity contribution in [1.82, 2.24) is 10.6 Å². The second-order valence-corrected chi connectivity index (χ2v) is 6.47. The molecule has 1 fully saturated rings. The van der Waals surface area contributed by atoms with Gasteiger partial charge in [-0.05, 0) is 24.3 Å². The molecule has 1 aromatic heterocycles. The van der Waals surface area contributed by atoms with Gasteiger partial charge in [-0.15, -0.1) is 11.3 Å². The van der Waals surface area contributed by atoms with Gasteiger partial charge in [0.25, 0.3) is 5.91 Å². The number of hydrogen-bond acceptors (Lipinski definition) is 3. The lowest BCUT2D eigenvalue weighted by atomic mass is 10.0. The second kappa shape index (κ2) is 7.40. The largest absolute Gasteiger partial charge is 0.333 e. The van der Waals surface area contributed by atoms with Crippen LogP contribution in [0.25, 0.3) is 0 Å². The summed E-state index contributed by atoms with van der Waals surface area (Å²) in [6, 6.07) is 3.48. The summed E-state index contributed by atoms with van der Waals surface area (Å²) in [5.41, 5.74) is 0. The van der Waals surface area contributed by atoms with Crippen LogP contribution in [-0.2, 0) is 11.3 Å². The van der Waals surface area contributed by atoms with Gasteiger partial charge in [-0.3, -0.25) is 10.1 Å². The van der Waals surface area contributed by atoms with Crippen LogP contribution in [0.3, 0.4) is 0 Å². The van der Waals surface area contributed by atoms with Gasteiger partial charge in [0, 0.05) is 10.8 Å². The number of rotatable bonds is 4. The molecule has 1 aromatic rings. The maximum Gasteiger partial charge on any atom is 0.321 e. The molecule has 5 nitrogen and oxygen atoms in total. The fourth-order valence-corrected chi connectivity index (χ4v) is 3.23. The first-order chi connectivity index (χ1) is 9.63. The summed E-state index contributed by atoms with van der Waals surface area (Å²) in [5.74, 6) is 0.469. The fourth-order valence-electron chi connectivity index (χ4n) is 2.58. The van der Waals surface area contributed by atoms with Crippen LogP contribution in [0.1, 0.15) is 24.6 Å². The zero-order valence-corrected chi connectivity index (χ0v) is 12.6. The van der Waals surface area contributed by atoms with Crippen molar-refractivity contribution in [3.05, 3.63) is 22.4 Å². The van der Waals surface area contributed by atoms with Crippen molar-refractivity contribution in [2.45, 2.75) is 26.3 Å². The molecule has 0 aromatic carbocycles. The molecule has 1 unspecified atom stereocenters. The van der Waals surface area contributed by atoms with E-state index < -0.39 is 6.03 Å². The molecule has 3 N–H and O–H groups in total. The number of nitrogens with one attached hydrogen (secondary N) is 3. The van der Waals surface area contributed by atoms with Crippen LogP contribution in [0, 0.1) is 5.92 Å². The maximum atomic E-state index is 11.8. The van der Waals surface area contributed by atoms with E-state index in [1.807, 2.05) is 17.5 Å². The molecule has 1 aliphatic rings. The van der Waals surface area contributed by atoms with E-state index >= 15 is 0 Å². The Hall–Kier alpha value is -1.40. The number of carbonyl (C=O) groups excluding carboxylic acids is 2. The average Bonchev–Trinajstić information content (AvgIpc) is 2.89. The van der Waals surface area contributed by atoms with Crippen LogP contribution >= 0.6 is 11.3 Å². The van der Waals surface area contributed by atoms with Crippen molar-refractivity contribution < 1.29 is 14.5 Å². The highest BCUT2D eigenvalue weighted by Gasteiger charge is 2.22. The Labute approximate surface area is 123 Å². The van der Waals surface area contributed by atoms with E-state index in [2.05, 4.69) is 17.6 Å². The minimum Gasteiger partial charge on any atom is -0.333 e. The smallest absolute Gasteiger partial charge is 0.321 e. The minimum absolute atomic E-state index is 0.197. The van der Waals surface area contributed by atoms with E-state index in [1.165, 1.54) is 11.3 Å². The zero-order chi connectivity index (χ0) is 14.4. The molecular formula is C14H22N3O2S+. The summed E-state index contributed by atoms with van der Waals surface area (Å²) >= 11 is 1.58. The van der Waals surface area contributed by atoms with E-state index in [4.69, 9.17) is 0 Å². The summed E-state index contributed by atoms with van der Waals surface area (Å²) in [7, 11) is 0. The van der Waals surface area contributed by atoms with Crippen LogP contribution in [0.2, 0.25) is 0 Å². The quantitative estimate of drug-likeness (QED) is 0.752. The lowest BCUT2D eigenvalue weighted by molar-refractivity contribution is -0.900. The number of hydrogen-bond donors (Lipinski definition) is 3. The molecule has 3 amide bonds. The SMILES string of the molecule is C[C@@H]1CCC[NH+](CC(=O)NC(=O)NCc2cccs2)C1. The molecule has 110 valence electrons. The first-order valence-electron chi connectivity index (χ1n) is 7.07. The Kier molecular flexibility index (Phi) is 5.55. The molecule has 0 spiro atoms. The minimum atomic E-state index is -0.409. The molecule has 2 rings (SSSR count). The van der Waals surface area contributed by atoms with Gasteiger partial charge in [0.2, 0.25) is 0 Å². The van der Waals surface area contributed by atoms with Gasteiger partial charge in [0.05, 0.1) is 19.6 Å². The number of piperidine rings is 1. The highest BCUT2D eigenvalue weighted by Crippen LogP contribution is 2.07. The normalized spacial score (nSPS) is 22.2. The molecule has 1 aliphatic heterocycles. The van der Waals surface area contributed by atoms with E-state index in [9.17, 15) is 9.59 Å². The molecule has 6 heteroatoms. The lowest BCUT2D eigenvalue weighted by Crippen LogP contribution is -3.14. The van der Waals surface area contributed by atoms with Crippen molar-refractivity contribution >= 4 is 23.3 Å². The van der Waals surface area contributed by atoms with Gasteiger partial charge in [0.1, 0.15) is 0 Å². The third-order valence-electron chi connectivity index (χ3n) is 3.53. The zero-order valence-electron chi connectivity index (χ0n) is 11.8. The topological polar surface area (TPSA) is 62.6 Å². The Morgan fingerprint density at radius 3 is 3.05 bits per heavy atom. The van der Waals surface area contributed by atoms with E-state index in [1.54, 1.807) is 11.3 Å². The summed E-state index contributed by atoms with van der Waals surface area (Å²) in [4.78, 5) is 25.7. The Morgan fingerprint density at radius 2 is 2.35 bits per heavy atom. The number of quaternary nitrogens is 1. The van der Waals surface area contributed by atoms with E-state index in [0.29, 0.717) is 19.0 Å². The van der Waals surface area contributed by atoms with Crippen LogP contribution in [0.5, 0.6) is 0 Å². The lowest BCUT2D eigenvalue weighted by Gasteiger charge is -2.27. The third kappa shape index (κ3) is 4.94. The summed E-state index contributed by atoms with van der Waals surface area (Å²) < 4.78 is 0. The standard InChI is InChI=1S/C14H21N3O2S/c1-11-4-2-6-17(9-11)10-13(18)16-14(19)15-8-12-5-3-7-20-12/h3,5,7,11H,2,4,6,8-10H2,1H3,(H2,15,16,18,19)/p+1/t11-/m1/s1. The van der Waals surface area contributed by atoms with Gasteiger partial charge in [0.15, 0.2) is 6.54 Å². The van der Waals surface area contributed by atoms with Gasteiger partial charge in [-0.1, -0.05) is 13.0 Å². The number of carbonyl (C=O) groups is 2. The number of likely N-dealkylation sites (tertiary alicyclic amines) is 1. The molecule has 2 atom stereocenters.